The second-order valence-electron chi connectivity index (χ2n) is 5.34. The van der Waals surface area contributed by atoms with Gasteiger partial charge in [-0.25, -0.2) is 9.78 Å². The van der Waals surface area contributed by atoms with E-state index in [4.69, 9.17) is 30.1 Å². The van der Waals surface area contributed by atoms with Crippen LogP contribution in [0.15, 0.2) is 6.33 Å². The van der Waals surface area contributed by atoms with E-state index in [1.54, 1.807) is 0 Å². The fourth-order valence-electron chi connectivity index (χ4n) is 2.57. The molecule has 0 saturated carbocycles. The van der Waals surface area contributed by atoms with Crippen LogP contribution in [0, 0.1) is 6.08 Å². The number of rotatable bonds is 6. The van der Waals surface area contributed by atoms with Gasteiger partial charge in [0.05, 0.1) is 19.0 Å². The number of ether oxygens (including phenoxy) is 2. The Labute approximate surface area is 141 Å². The minimum atomic E-state index is -2.77. The van der Waals surface area contributed by atoms with Crippen LogP contribution < -0.4 is 5.73 Å². The second-order valence-corrected chi connectivity index (χ2v) is 6.45. The van der Waals surface area contributed by atoms with Crippen LogP contribution in [0.3, 0.4) is 0 Å². The van der Waals surface area contributed by atoms with Gasteiger partial charge in [0.1, 0.15) is 6.23 Å². The van der Waals surface area contributed by atoms with Crippen LogP contribution in [-0.2, 0) is 14.3 Å². The lowest BCUT2D eigenvalue weighted by Gasteiger charge is -2.18. The zero-order chi connectivity index (χ0) is 18.1. The molecule has 1 saturated heterocycles. The van der Waals surface area contributed by atoms with Crippen molar-refractivity contribution in [1.82, 2.24) is 19.5 Å². The normalized spacial score (nSPS) is 21.9. The Hall–Kier alpha value is -1.98. The van der Waals surface area contributed by atoms with Crippen LogP contribution in [0.1, 0.15) is 19.1 Å². The standard InChI is InChI=1S/C12H15FN5O6P/c13-12-16-8(14)7-9(17-12)18(4-15-7)6-2-1-5(24-6)3-23-11(10(19)20)25(21)22/h4-6,11,21-22H,1-3H2,(H,19,20)(H2,14,16,17)/t5-,6?,11?/m0/s1. The third-order valence-electron chi connectivity index (χ3n) is 3.68. The van der Waals surface area contributed by atoms with Gasteiger partial charge >= 0.3 is 12.0 Å². The van der Waals surface area contributed by atoms with E-state index in [2.05, 4.69) is 15.0 Å². The number of imidazole rings is 1. The van der Waals surface area contributed by atoms with Crippen molar-refractivity contribution in [1.29, 1.82) is 0 Å². The van der Waals surface area contributed by atoms with E-state index in [0.717, 1.165) is 0 Å². The Morgan fingerprint density at radius 3 is 2.96 bits per heavy atom. The summed E-state index contributed by atoms with van der Waals surface area (Å²) < 4.78 is 25.6. The molecule has 0 spiro atoms. The van der Waals surface area contributed by atoms with Gasteiger partial charge in [-0.05, 0) is 12.8 Å². The number of carboxylic acid groups (broad SMARTS) is 1. The summed E-state index contributed by atoms with van der Waals surface area (Å²) in [6.45, 7) is -0.133. The number of nitrogen functional groups attached to an aromatic ring is 1. The van der Waals surface area contributed by atoms with Crippen LogP contribution in [0.2, 0.25) is 0 Å². The lowest BCUT2D eigenvalue weighted by atomic mass is 10.2. The number of aliphatic carboxylic acids is 1. The average molecular weight is 375 g/mol. The molecule has 0 bridgehead atoms. The van der Waals surface area contributed by atoms with Crippen molar-refractivity contribution >= 4 is 31.3 Å². The van der Waals surface area contributed by atoms with Crippen molar-refractivity contribution in [3.05, 3.63) is 12.4 Å². The average Bonchev–Trinajstić information content (AvgIpc) is 3.13. The van der Waals surface area contributed by atoms with Crippen molar-refractivity contribution in [3.8, 4) is 0 Å². The molecule has 3 atom stereocenters. The lowest BCUT2D eigenvalue weighted by molar-refractivity contribution is -0.147. The SMILES string of the molecule is Nc1nc(F)nc2c1ncn2C1CC[C@@H](COC(C(=O)O)P(O)O)O1. The highest BCUT2D eigenvalue weighted by Crippen LogP contribution is 2.35. The summed E-state index contributed by atoms with van der Waals surface area (Å²) in [4.78, 5) is 40.0. The Balaban J connectivity index is 1.68. The van der Waals surface area contributed by atoms with Crippen LogP contribution in [0.4, 0.5) is 10.2 Å². The molecule has 11 nitrogen and oxygen atoms in total. The quantitative estimate of drug-likeness (QED) is 0.397. The molecular weight excluding hydrogens is 360 g/mol. The fourth-order valence-corrected chi connectivity index (χ4v) is 2.99. The summed E-state index contributed by atoms with van der Waals surface area (Å²) in [5, 5.41) is 8.85. The van der Waals surface area contributed by atoms with Crippen LogP contribution in [-0.4, -0.2) is 58.9 Å². The van der Waals surface area contributed by atoms with Gasteiger partial charge < -0.3 is 30.1 Å². The Morgan fingerprint density at radius 2 is 2.28 bits per heavy atom. The number of fused-ring (bicyclic) bond motifs is 1. The van der Waals surface area contributed by atoms with Gasteiger partial charge in [0, 0.05) is 0 Å². The lowest BCUT2D eigenvalue weighted by Crippen LogP contribution is -2.27. The molecule has 1 fully saturated rings. The first kappa shape index (κ1) is 17.8. The Morgan fingerprint density at radius 1 is 1.52 bits per heavy atom. The van der Waals surface area contributed by atoms with Gasteiger partial charge in [-0.1, -0.05) is 0 Å². The number of carbonyl (C=O) groups is 1. The van der Waals surface area contributed by atoms with Gasteiger partial charge in [0.15, 0.2) is 17.0 Å². The largest absolute Gasteiger partial charge is 0.479 e. The Kier molecular flexibility index (Phi) is 5.06. The molecule has 1 aliphatic rings. The molecule has 5 N–H and O–H groups in total. The number of halogens is 1. The maximum Gasteiger partial charge on any atom is 0.342 e. The second kappa shape index (κ2) is 7.10. The zero-order valence-electron chi connectivity index (χ0n) is 12.7. The molecular formula is C12H15FN5O6P. The highest BCUT2D eigenvalue weighted by Gasteiger charge is 2.32. The molecule has 3 rings (SSSR count). The van der Waals surface area contributed by atoms with Crippen molar-refractivity contribution in [2.75, 3.05) is 12.3 Å². The number of hydrogen-bond acceptors (Lipinski definition) is 9. The molecule has 0 radical (unpaired) electrons. The van der Waals surface area contributed by atoms with Crippen LogP contribution in [0.25, 0.3) is 11.2 Å². The van der Waals surface area contributed by atoms with Crippen LogP contribution >= 0.6 is 8.38 Å². The van der Waals surface area contributed by atoms with E-state index >= 15 is 0 Å². The molecule has 1 aliphatic heterocycles. The topological polar surface area (TPSA) is 166 Å². The first-order chi connectivity index (χ1) is 11.9. The molecule has 2 aromatic heterocycles. The maximum absolute atomic E-state index is 13.4. The summed E-state index contributed by atoms with van der Waals surface area (Å²) in [6, 6.07) is 0. The molecule has 3 heterocycles. The predicted octanol–water partition coefficient (Wildman–Crippen LogP) is -0.0510. The third-order valence-corrected chi connectivity index (χ3v) is 4.47. The minimum absolute atomic E-state index is 0.0809. The van der Waals surface area contributed by atoms with E-state index < -0.39 is 38.6 Å². The smallest absolute Gasteiger partial charge is 0.342 e. The van der Waals surface area contributed by atoms with Crippen molar-refractivity contribution in [2.45, 2.75) is 31.0 Å². The summed E-state index contributed by atoms with van der Waals surface area (Å²) >= 11 is 0. The van der Waals surface area contributed by atoms with E-state index in [1.807, 2.05) is 0 Å². The fraction of sp³-hybridized carbons (Fsp3) is 0.500. The molecule has 13 heteroatoms. The van der Waals surface area contributed by atoms with Crippen molar-refractivity contribution in [3.63, 3.8) is 0 Å². The number of aromatic nitrogens is 4. The van der Waals surface area contributed by atoms with Crippen LogP contribution in [0.5, 0.6) is 0 Å². The number of anilines is 1. The minimum Gasteiger partial charge on any atom is -0.479 e. The van der Waals surface area contributed by atoms with E-state index in [0.29, 0.717) is 12.8 Å². The number of nitrogens with two attached hydrogens (primary N) is 1. The van der Waals surface area contributed by atoms with E-state index in [-0.39, 0.29) is 23.6 Å². The van der Waals surface area contributed by atoms with Gasteiger partial charge in [0.25, 0.3) is 0 Å². The molecule has 0 aromatic carbocycles. The summed E-state index contributed by atoms with van der Waals surface area (Å²) in [5.41, 5.74) is 6.05. The molecule has 2 aromatic rings. The number of hydrogen-bond donors (Lipinski definition) is 4. The molecule has 0 amide bonds. The van der Waals surface area contributed by atoms with Gasteiger partial charge in [-0.2, -0.15) is 14.4 Å². The molecule has 136 valence electrons. The first-order valence-electron chi connectivity index (χ1n) is 7.19. The van der Waals surface area contributed by atoms with Crippen molar-refractivity contribution in [2.24, 2.45) is 0 Å². The first-order valence-corrected chi connectivity index (χ1v) is 8.51. The molecule has 0 aliphatic carbocycles. The van der Waals surface area contributed by atoms with Gasteiger partial charge in [-0.15, -0.1) is 0 Å². The zero-order valence-corrected chi connectivity index (χ0v) is 13.6. The summed E-state index contributed by atoms with van der Waals surface area (Å²) in [6.07, 6.45) is 0.491. The van der Waals surface area contributed by atoms with Gasteiger partial charge in [0.2, 0.25) is 14.2 Å². The van der Waals surface area contributed by atoms with E-state index in [1.165, 1.54) is 10.9 Å². The van der Waals surface area contributed by atoms with Gasteiger partial charge in [-0.3, -0.25) is 4.57 Å². The predicted molar refractivity (Wildman–Crippen MR) is 81.6 cm³/mol. The Bertz CT molecular complexity index is 789. The highest BCUT2D eigenvalue weighted by molar-refractivity contribution is 7.46. The number of carboxylic acids is 1. The monoisotopic (exact) mass is 375 g/mol. The summed E-state index contributed by atoms with van der Waals surface area (Å²) in [7, 11) is -2.77. The van der Waals surface area contributed by atoms with E-state index in [9.17, 15) is 9.18 Å². The highest BCUT2D eigenvalue weighted by atomic mass is 31.2. The van der Waals surface area contributed by atoms with Crippen molar-refractivity contribution < 1.29 is 33.6 Å². The third kappa shape index (κ3) is 3.67. The number of nitrogens with zero attached hydrogens (tertiary/aromatic N) is 4. The molecule has 25 heavy (non-hydrogen) atoms. The summed E-state index contributed by atoms with van der Waals surface area (Å²) in [5.74, 6) is -3.25. The molecule has 2 unspecified atom stereocenters. The maximum atomic E-state index is 13.4.